The summed E-state index contributed by atoms with van der Waals surface area (Å²) in [5, 5.41) is 11.1. The van der Waals surface area contributed by atoms with Crippen LogP contribution in [0.25, 0.3) is 28.0 Å². The first-order chi connectivity index (χ1) is 19.9. The number of rotatable bonds is 5. The second-order valence-electron chi connectivity index (χ2n) is 10.9. The van der Waals surface area contributed by atoms with Gasteiger partial charge in [0.05, 0.1) is 29.3 Å². The fourth-order valence-corrected chi connectivity index (χ4v) is 6.56. The number of pyridine rings is 1. The number of carbonyl (C=O) groups is 2. The van der Waals surface area contributed by atoms with Crippen LogP contribution in [0.4, 0.5) is 11.6 Å². The summed E-state index contributed by atoms with van der Waals surface area (Å²) in [4.78, 5) is 37.9. The summed E-state index contributed by atoms with van der Waals surface area (Å²) in [5.74, 6) is 0.242. The van der Waals surface area contributed by atoms with Crippen molar-refractivity contribution in [3.05, 3.63) is 77.9 Å². The summed E-state index contributed by atoms with van der Waals surface area (Å²) in [5.41, 5.74) is 18.1. The maximum Gasteiger partial charge on any atom is 0.259 e. The van der Waals surface area contributed by atoms with Crippen molar-refractivity contribution in [3.63, 3.8) is 0 Å². The predicted molar refractivity (Wildman–Crippen MR) is 154 cm³/mol. The van der Waals surface area contributed by atoms with Gasteiger partial charge in [-0.25, -0.2) is 4.98 Å². The van der Waals surface area contributed by atoms with Gasteiger partial charge in [0, 0.05) is 40.9 Å². The van der Waals surface area contributed by atoms with Crippen LogP contribution in [0.15, 0.2) is 61.1 Å². The Morgan fingerprint density at radius 1 is 0.951 bits per heavy atom. The van der Waals surface area contributed by atoms with Crippen LogP contribution in [0.3, 0.4) is 0 Å². The molecule has 1 aromatic carbocycles. The molecule has 41 heavy (non-hydrogen) atoms. The Labute approximate surface area is 235 Å². The molecule has 11 heteroatoms. The van der Waals surface area contributed by atoms with Crippen LogP contribution in [0, 0.1) is 0 Å². The molecule has 5 aromatic rings. The Kier molecular flexibility index (Phi) is 5.81. The van der Waals surface area contributed by atoms with Crippen LogP contribution in [-0.4, -0.2) is 58.5 Å². The van der Waals surface area contributed by atoms with Crippen LogP contribution in [-0.2, 0) is 0 Å². The fourth-order valence-electron chi connectivity index (χ4n) is 6.56. The van der Waals surface area contributed by atoms with Gasteiger partial charge in [0.15, 0.2) is 11.4 Å². The number of piperidine rings is 1. The minimum Gasteiger partial charge on any atom is -0.383 e. The molecule has 4 aromatic heterocycles. The molecule has 0 aliphatic carbocycles. The number of carbonyl (C=O) groups excluding carboxylic acids is 2. The summed E-state index contributed by atoms with van der Waals surface area (Å²) in [7, 11) is 0. The van der Waals surface area contributed by atoms with Crippen molar-refractivity contribution in [3.8, 4) is 22.4 Å². The monoisotopic (exact) mass is 547 g/mol. The number of aromatic nitrogens is 6. The SMILES string of the molecule is CC(=O)c1c([C@H]2C[C@H]3CC[C@@H](C2)N3C(=O)c2cn[nH]c2N)nc2c(-c3ccc(-c4ccccc4)nc3)cnn2c1N. The van der Waals surface area contributed by atoms with Gasteiger partial charge in [-0.1, -0.05) is 36.4 Å². The number of fused-ring (bicyclic) bond motifs is 3. The van der Waals surface area contributed by atoms with E-state index in [1.165, 1.54) is 17.6 Å². The lowest BCUT2D eigenvalue weighted by atomic mass is 9.85. The molecule has 6 heterocycles. The van der Waals surface area contributed by atoms with E-state index in [4.69, 9.17) is 16.5 Å². The summed E-state index contributed by atoms with van der Waals surface area (Å²) in [6.45, 7) is 1.51. The largest absolute Gasteiger partial charge is 0.383 e. The normalized spacial score (nSPS) is 20.0. The minimum absolute atomic E-state index is 0.0127. The molecular formula is C30H29N9O2. The number of hydrogen-bond donors (Lipinski definition) is 3. The highest BCUT2D eigenvalue weighted by Crippen LogP contribution is 2.45. The zero-order valence-corrected chi connectivity index (χ0v) is 22.5. The number of nitrogens with one attached hydrogen (secondary N) is 1. The smallest absolute Gasteiger partial charge is 0.259 e. The van der Waals surface area contributed by atoms with E-state index >= 15 is 0 Å². The number of amides is 1. The van der Waals surface area contributed by atoms with Gasteiger partial charge in [-0.2, -0.15) is 14.7 Å². The molecule has 1 amide bonds. The van der Waals surface area contributed by atoms with Gasteiger partial charge in [0.25, 0.3) is 5.91 Å². The molecule has 0 saturated carbocycles. The number of H-pyrrole nitrogens is 1. The van der Waals surface area contributed by atoms with Gasteiger partial charge in [-0.05, 0) is 38.7 Å². The summed E-state index contributed by atoms with van der Waals surface area (Å²) in [6, 6.07) is 14.0. The standard InChI is InChI=1S/C30H29N9O2/c1-16(40)25-26(19-11-20-8-9-21(12-19)38(20)30(41)23-14-34-37-27(23)31)36-29-22(15-35-39(29)28(25)32)18-7-10-24(33-13-18)17-5-3-2-4-6-17/h2-7,10,13-15,19-21H,8-9,11-12,32H2,1H3,(H3,31,34,37)/t19-,20+,21-. The molecule has 0 spiro atoms. The van der Waals surface area contributed by atoms with Gasteiger partial charge in [-0.15, -0.1) is 0 Å². The molecule has 0 unspecified atom stereocenters. The molecule has 2 bridgehead atoms. The lowest BCUT2D eigenvalue weighted by Gasteiger charge is -2.39. The molecule has 2 aliphatic heterocycles. The molecule has 2 saturated heterocycles. The van der Waals surface area contributed by atoms with Gasteiger partial charge in [0.2, 0.25) is 0 Å². The Bertz CT molecular complexity index is 1780. The van der Waals surface area contributed by atoms with Crippen LogP contribution < -0.4 is 11.5 Å². The van der Waals surface area contributed by atoms with Gasteiger partial charge in [0.1, 0.15) is 17.2 Å². The van der Waals surface area contributed by atoms with Crippen molar-refractivity contribution in [1.82, 2.24) is 34.7 Å². The zero-order chi connectivity index (χ0) is 28.2. The summed E-state index contributed by atoms with van der Waals surface area (Å²) in [6.07, 6.45) is 8.13. The lowest BCUT2D eigenvalue weighted by molar-refractivity contribution is 0.0569. The van der Waals surface area contributed by atoms with Crippen molar-refractivity contribution in [2.45, 2.75) is 50.6 Å². The average Bonchev–Trinajstić information content (AvgIpc) is 3.68. The van der Waals surface area contributed by atoms with E-state index in [0.717, 1.165) is 35.2 Å². The Balaban J connectivity index is 1.25. The van der Waals surface area contributed by atoms with Crippen molar-refractivity contribution in [2.24, 2.45) is 0 Å². The van der Waals surface area contributed by atoms with Crippen molar-refractivity contribution >= 4 is 29.0 Å². The number of ketones is 1. The molecule has 206 valence electrons. The van der Waals surface area contributed by atoms with E-state index in [-0.39, 0.29) is 41.3 Å². The maximum atomic E-state index is 13.3. The second-order valence-corrected chi connectivity index (χ2v) is 10.9. The molecule has 2 aliphatic rings. The number of nitrogens with two attached hydrogens (primary N) is 2. The lowest BCUT2D eigenvalue weighted by Crippen LogP contribution is -2.46. The number of Topliss-reactive ketones (excluding diaryl/α,β-unsaturated/α-hetero) is 1. The highest BCUT2D eigenvalue weighted by molar-refractivity contribution is 6.01. The van der Waals surface area contributed by atoms with Gasteiger partial charge < -0.3 is 16.4 Å². The molecule has 11 nitrogen and oxygen atoms in total. The first-order valence-corrected chi connectivity index (χ1v) is 13.7. The van der Waals surface area contributed by atoms with E-state index < -0.39 is 0 Å². The van der Waals surface area contributed by atoms with Crippen molar-refractivity contribution in [2.75, 3.05) is 11.5 Å². The number of nitrogen functional groups attached to an aromatic ring is 2. The minimum atomic E-state index is -0.158. The van der Waals surface area contributed by atoms with Crippen molar-refractivity contribution in [1.29, 1.82) is 0 Å². The molecular weight excluding hydrogens is 518 g/mol. The van der Waals surface area contributed by atoms with Crippen LogP contribution in [0.2, 0.25) is 0 Å². The van der Waals surface area contributed by atoms with E-state index in [9.17, 15) is 9.59 Å². The van der Waals surface area contributed by atoms with E-state index in [0.29, 0.717) is 35.3 Å². The third-order valence-electron chi connectivity index (χ3n) is 8.46. The summed E-state index contributed by atoms with van der Waals surface area (Å²) < 4.78 is 1.54. The number of anilines is 2. The highest BCUT2D eigenvalue weighted by atomic mass is 16.2. The Morgan fingerprint density at radius 2 is 1.71 bits per heavy atom. The van der Waals surface area contributed by atoms with Crippen molar-refractivity contribution < 1.29 is 9.59 Å². The summed E-state index contributed by atoms with van der Waals surface area (Å²) >= 11 is 0. The molecule has 3 atom stereocenters. The first-order valence-electron chi connectivity index (χ1n) is 13.7. The topological polar surface area (TPSA) is 161 Å². The quantitative estimate of drug-likeness (QED) is 0.277. The number of aromatic amines is 1. The number of benzene rings is 1. The predicted octanol–water partition coefficient (Wildman–Crippen LogP) is 4.10. The van der Waals surface area contributed by atoms with Crippen LogP contribution in [0.5, 0.6) is 0 Å². The van der Waals surface area contributed by atoms with Gasteiger partial charge in [-0.3, -0.25) is 19.7 Å². The van der Waals surface area contributed by atoms with E-state index in [1.54, 1.807) is 6.20 Å². The second kappa shape index (κ2) is 9.54. The molecule has 5 N–H and O–H groups in total. The maximum absolute atomic E-state index is 13.3. The number of nitrogens with zero attached hydrogens (tertiary/aromatic N) is 6. The molecule has 2 fully saturated rings. The highest BCUT2D eigenvalue weighted by Gasteiger charge is 2.45. The Morgan fingerprint density at radius 3 is 2.34 bits per heavy atom. The first kappa shape index (κ1) is 24.9. The third-order valence-corrected chi connectivity index (χ3v) is 8.46. The van der Waals surface area contributed by atoms with Crippen LogP contribution in [0.1, 0.15) is 64.9 Å². The van der Waals surface area contributed by atoms with Gasteiger partial charge >= 0.3 is 0 Å². The number of hydrogen-bond acceptors (Lipinski definition) is 8. The molecule has 7 rings (SSSR count). The third kappa shape index (κ3) is 4.03. The Hall–Kier alpha value is -5.06. The average molecular weight is 548 g/mol. The van der Waals surface area contributed by atoms with Crippen LogP contribution >= 0.6 is 0 Å². The molecule has 0 radical (unpaired) electrons. The zero-order valence-electron chi connectivity index (χ0n) is 22.5. The van der Waals surface area contributed by atoms with E-state index in [2.05, 4.69) is 20.3 Å². The van der Waals surface area contributed by atoms with E-state index in [1.807, 2.05) is 53.6 Å². The fraction of sp³-hybridized carbons (Fsp3) is 0.267.